The summed E-state index contributed by atoms with van der Waals surface area (Å²) in [5.74, 6) is -2.14. The van der Waals surface area contributed by atoms with Gasteiger partial charge in [0.25, 0.3) is 0 Å². The third-order valence-electron chi connectivity index (χ3n) is 8.58. The largest absolute Gasteiger partial charge is 0.480 e. The minimum Gasteiger partial charge on any atom is -0.480 e. The molecule has 0 aliphatic rings. The number of carboxylic acids is 1. The van der Waals surface area contributed by atoms with E-state index in [9.17, 15) is 19.5 Å². The van der Waals surface area contributed by atoms with E-state index in [1.807, 2.05) is 0 Å². The van der Waals surface area contributed by atoms with Crippen LogP contribution in [0, 0.1) is 5.41 Å². The lowest BCUT2D eigenvalue weighted by molar-refractivity contribution is -0.161. The molecule has 0 aliphatic heterocycles. The highest BCUT2D eigenvalue weighted by Gasteiger charge is 2.51. The fourth-order valence-electron chi connectivity index (χ4n) is 5.73. The fraction of sp³-hybridized carbons (Fsp3) is 0.732. The van der Waals surface area contributed by atoms with Crippen LogP contribution >= 0.6 is 0 Å². The smallest absolute Gasteiger partial charge is 0.326 e. The summed E-state index contributed by atoms with van der Waals surface area (Å²) in [5, 5.41) is 10.2. The summed E-state index contributed by atoms with van der Waals surface area (Å²) in [7, 11) is 3.46. The molecule has 0 spiro atoms. The van der Waals surface area contributed by atoms with E-state index < -0.39 is 23.0 Å². The number of unbranched alkanes of at least 4 members (excludes halogenated alkanes) is 16. The average Bonchev–Trinajstić information content (AvgIpc) is 3.03. The number of allylic oxidation sites excluding steroid dienone is 8. The Bertz CT molecular complexity index is 825. The molecule has 264 valence electrons. The number of hydrogen-bond acceptors (Lipinski definition) is 4. The summed E-state index contributed by atoms with van der Waals surface area (Å²) in [6.45, 7) is 4.39. The van der Waals surface area contributed by atoms with Crippen LogP contribution in [0.25, 0.3) is 0 Å². The van der Waals surface area contributed by atoms with E-state index in [0.717, 1.165) is 77.0 Å². The van der Waals surface area contributed by atoms with Gasteiger partial charge in [-0.15, -0.1) is 0 Å². The molecule has 5 heteroatoms. The third kappa shape index (κ3) is 23.1. The molecule has 0 aromatic rings. The summed E-state index contributed by atoms with van der Waals surface area (Å²) in [6, 6.07) is 0. The Hall–Kier alpha value is -2.27. The van der Waals surface area contributed by atoms with E-state index in [4.69, 9.17) is 0 Å². The molecule has 0 saturated carbocycles. The first-order valence-electron chi connectivity index (χ1n) is 18.9. The number of carboxylic acid groups (broad SMARTS) is 1. The second kappa shape index (κ2) is 31.3. The highest BCUT2D eigenvalue weighted by Crippen LogP contribution is 2.28. The molecule has 46 heavy (non-hydrogen) atoms. The number of rotatable bonds is 33. The van der Waals surface area contributed by atoms with Crippen molar-refractivity contribution in [1.29, 1.82) is 0 Å². The van der Waals surface area contributed by atoms with E-state index in [2.05, 4.69) is 62.5 Å². The standard InChI is InChI=1S/C41H71NO4/c1-5-7-9-11-13-15-17-19-21-23-25-27-29-31-33-35-38(43)41(40(45)46,37-42(3)4)39(44)36-34-32-30-28-26-24-22-20-18-16-14-12-10-8-6-2/h13-16,19-22H,5-12,17-18,23-37H2,1-4H3,(H,45,46)/b15-13-,16-14-,21-19-,22-20-. The van der Waals surface area contributed by atoms with Crippen LogP contribution in [-0.2, 0) is 14.4 Å². The van der Waals surface area contributed by atoms with Crippen LogP contribution in [0.4, 0.5) is 0 Å². The number of carbonyl (C=O) groups excluding carboxylic acids is 2. The molecular weight excluding hydrogens is 570 g/mol. The molecule has 0 amide bonds. The van der Waals surface area contributed by atoms with Crippen LogP contribution in [0.5, 0.6) is 0 Å². The van der Waals surface area contributed by atoms with Gasteiger partial charge in [-0.25, -0.2) is 0 Å². The third-order valence-corrected chi connectivity index (χ3v) is 8.58. The molecule has 0 rings (SSSR count). The molecule has 0 fully saturated rings. The number of hydrogen-bond donors (Lipinski definition) is 1. The maximum atomic E-state index is 13.3. The van der Waals surface area contributed by atoms with Crippen LogP contribution in [0.1, 0.15) is 168 Å². The molecule has 1 N–H and O–H groups in total. The van der Waals surface area contributed by atoms with Gasteiger partial charge in [-0.1, -0.05) is 127 Å². The van der Waals surface area contributed by atoms with Gasteiger partial charge in [0.05, 0.1) is 0 Å². The van der Waals surface area contributed by atoms with E-state index in [1.54, 1.807) is 19.0 Å². The van der Waals surface area contributed by atoms with Gasteiger partial charge in [-0.05, 0) is 91.1 Å². The first-order valence-corrected chi connectivity index (χ1v) is 18.9. The van der Waals surface area contributed by atoms with Gasteiger partial charge < -0.3 is 10.0 Å². The lowest BCUT2D eigenvalue weighted by Crippen LogP contribution is -2.52. The van der Waals surface area contributed by atoms with Crippen LogP contribution in [0.15, 0.2) is 48.6 Å². The monoisotopic (exact) mass is 642 g/mol. The van der Waals surface area contributed by atoms with Gasteiger partial charge in [0, 0.05) is 19.4 Å². The van der Waals surface area contributed by atoms with Crippen molar-refractivity contribution >= 4 is 17.5 Å². The number of ketones is 2. The van der Waals surface area contributed by atoms with Gasteiger partial charge in [-0.2, -0.15) is 0 Å². The molecule has 5 nitrogen and oxygen atoms in total. The predicted molar refractivity (Wildman–Crippen MR) is 197 cm³/mol. The number of Topliss-reactive ketones (excluding diaryl/α,β-unsaturated/α-hetero) is 2. The van der Waals surface area contributed by atoms with Crippen molar-refractivity contribution in [2.45, 2.75) is 168 Å². The zero-order chi connectivity index (χ0) is 34.1. The van der Waals surface area contributed by atoms with Crippen molar-refractivity contribution < 1.29 is 19.5 Å². The van der Waals surface area contributed by atoms with Crippen LogP contribution < -0.4 is 0 Å². The van der Waals surface area contributed by atoms with Crippen molar-refractivity contribution in [1.82, 2.24) is 4.90 Å². The van der Waals surface area contributed by atoms with Gasteiger partial charge in [0.15, 0.2) is 17.0 Å². The first kappa shape index (κ1) is 43.7. The number of aliphatic carboxylic acids is 1. The molecule has 0 aromatic carbocycles. The Morgan fingerprint density at radius 3 is 1.15 bits per heavy atom. The Labute approximate surface area is 284 Å². The maximum Gasteiger partial charge on any atom is 0.326 e. The van der Waals surface area contributed by atoms with Gasteiger partial charge >= 0.3 is 5.97 Å². The predicted octanol–water partition coefficient (Wildman–Crippen LogP) is 11.4. The minimum absolute atomic E-state index is 0.0689. The van der Waals surface area contributed by atoms with Gasteiger partial charge in [0.1, 0.15) is 0 Å². The summed E-state index contributed by atoms with van der Waals surface area (Å²) in [6.07, 6.45) is 42.0. The highest BCUT2D eigenvalue weighted by atomic mass is 16.4. The molecule has 0 aromatic heterocycles. The Morgan fingerprint density at radius 1 is 0.500 bits per heavy atom. The lowest BCUT2D eigenvalue weighted by atomic mass is 9.75. The first-order chi connectivity index (χ1) is 22.3. The van der Waals surface area contributed by atoms with Crippen LogP contribution in [0.3, 0.4) is 0 Å². The van der Waals surface area contributed by atoms with Crippen molar-refractivity contribution in [2.24, 2.45) is 5.41 Å². The number of nitrogens with zero attached hydrogens (tertiary/aromatic N) is 1. The molecule has 0 aliphatic carbocycles. The normalized spacial score (nSPS) is 12.5. The molecule has 0 radical (unpaired) electrons. The molecule has 0 atom stereocenters. The topological polar surface area (TPSA) is 74.7 Å². The van der Waals surface area contributed by atoms with Crippen LogP contribution in [-0.4, -0.2) is 48.2 Å². The Kier molecular flexibility index (Phi) is 29.8. The maximum absolute atomic E-state index is 13.3. The summed E-state index contributed by atoms with van der Waals surface area (Å²) in [4.78, 5) is 40.8. The molecular formula is C41H71NO4. The zero-order valence-electron chi connectivity index (χ0n) is 30.4. The van der Waals surface area contributed by atoms with Crippen molar-refractivity contribution in [3.8, 4) is 0 Å². The average molecular weight is 642 g/mol. The van der Waals surface area contributed by atoms with E-state index in [1.165, 1.54) is 51.4 Å². The van der Waals surface area contributed by atoms with Crippen molar-refractivity contribution in [3.63, 3.8) is 0 Å². The van der Waals surface area contributed by atoms with E-state index >= 15 is 0 Å². The van der Waals surface area contributed by atoms with Crippen LogP contribution in [0.2, 0.25) is 0 Å². The quantitative estimate of drug-likeness (QED) is 0.0438. The summed E-state index contributed by atoms with van der Waals surface area (Å²) >= 11 is 0. The molecule has 0 bridgehead atoms. The van der Waals surface area contributed by atoms with E-state index in [0.29, 0.717) is 12.8 Å². The zero-order valence-corrected chi connectivity index (χ0v) is 30.4. The van der Waals surface area contributed by atoms with E-state index in [-0.39, 0.29) is 19.4 Å². The second-order valence-corrected chi connectivity index (χ2v) is 13.3. The molecule has 0 saturated heterocycles. The summed E-state index contributed by atoms with van der Waals surface area (Å²) in [5.41, 5.74) is -1.95. The van der Waals surface area contributed by atoms with Gasteiger partial charge in [-0.3, -0.25) is 14.4 Å². The number of carbonyl (C=O) groups is 3. The second-order valence-electron chi connectivity index (χ2n) is 13.3. The minimum atomic E-state index is -1.95. The van der Waals surface area contributed by atoms with Crippen molar-refractivity contribution in [3.05, 3.63) is 48.6 Å². The molecule has 0 heterocycles. The fourth-order valence-corrected chi connectivity index (χ4v) is 5.73. The Balaban J connectivity index is 4.35. The highest BCUT2D eigenvalue weighted by molar-refractivity contribution is 6.22. The van der Waals surface area contributed by atoms with Crippen molar-refractivity contribution in [2.75, 3.05) is 20.6 Å². The SMILES string of the molecule is CCCCC/C=C\C/C=C\CCCCCCCC(=O)C(CN(C)C)(C(=O)O)C(=O)CCCCCCC/C=C\C/C=C\CCCCC. The lowest BCUT2D eigenvalue weighted by Gasteiger charge is -2.29. The molecule has 0 unspecified atom stereocenters. The summed E-state index contributed by atoms with van der Waals surface area (Å²) < 4.78 is 0. The van der Waals surface area contributed by atoms with Gasteiger partial charge in [0.2, 0.25) is 0 Å². The Morgan fingerprint density at radius 2 is 0.826 bits per heavy atom.